The topological polar surface area (TPSA) is 72.2 Å². The van der Waals surface area contributed by atoms with Crippen LogP contribution in [0.4, 0.5) is 11.5 Å². The van der Waals surface area contributed by atoms with Gasteiger partial charge in [-0.3, -0.25) is 4.98 Å². The summed E-state index contributed by atoms with van der Waals surface area (Å²) in [5.74, 6) is 1.32. The predicted octanol–water partition coefficient (Wildman–Crippen LogP) is 4.29. The first-order valence-electron chi connectivity index (χ1n) is 8.80. The highest BCUT2D eigenvalue weighted by atomic mass is 35.5. The van der Waals surface area contributed by atoms with Crippen molar-refractivity contribution in [3.63, 3.8) is 0 Å². The molecule has 0 aliphatic rings. The summed E-state index contributed by atoms with van der Waals surface area (Å²) in [4.78, 5) is 4.24. The minimum atomic E-state index is -0.428. The highest BCUT2D eigenvalue weighted by Gasteiger charge is 2.14. The Morgan fingerprint density at radius 3 is 2.78 bits per heavy atom. The van der Waals surface area contributed by atoms with Crippen LogP contribution < -0.4 is 10.1 Å². The highest BCUT2D eigenvalue weighted by molar-refractivity contribution is 6.31. The van der Waals surface area contributed by atoms with Crippen LogP contribution in [0.5, 0.6) is 5.75 Å². The molecule has 27 heavy (non-hydrogen) atoms. The van der Waals surface area contributed by atoms with Crippen molar-refractivity contribution in [2.75, 3.05) is 12.4 Å². The van der Waals surface area contributed by atoms with Crippen LogP contribution in [-0.4, -0.2) is 33.1 Å². The molecule has 7 heteroatoms. The monoisotopic (exact) mass is 386 g/mol. The number of pyridine rings is 1. The Balaban J connectivity index is 1.97. The number of aryl methyl sites for hydroxylation is 1. The van der Waals surface area contributed by atoms with Crippen molar-refractivity contribution < 1.29 is 9.84 Å². The summed E-state index contributed by atoms with van der Waals surface area (Å²) in [7, 11) is 1.60. The second-order valence-corrected chi connectivity index (χ2v) is 6.80. The normalized spacial score (nSPS) is 12.0. The number of hydrogen-bond donors (Lipinski definition) is 2. The largest absolute Gasteiger partial charge is 0.497 e. The Kier molecular flexibility index (Phi) is 5.98. The molecule has 0 aliphatic carbocycles. The minimum Gasteiger partial charge on any atom is -0.497 e. The average Bonchev–Trinajstić information content (AvgIpc) is 3.03. The highest BCUT2D eigenvalue weighted by Crippen LogP contribution is 2.27. The number of hydrogen-bond acceptors (Lipinski definition) is 5. The van der Waals surface area contributed by atoms with Gasteiger partial charge in [-0.05, 0) is 37.6 Å². The van der Waals surface area contributed by atoms with Crippen LogP contribution in [0.1, 0.15) is 24.7 Å². The van der Waals surface area contributed by atoms with E-state index in [1.54, 1.807) is 25.4 Å². The third-order valence-corrected chi connectivity index (χ3v) is 4.42. The summed E-state index contributed by atoms with van der Waals surface area (Å²) in [5, 5.41) is 18.6. The van der Waals surface area contributed by atoms with Gasteiger partial charge in [0.25, 0.3) is 0 Å². The SMILES string of the molecule is CCC(O)Cc1cc(Nc2cc(Cl)cc(OC)c2)nn1-c1ccnc(C)c1. The number of anilines is 2. The quantitative estimate of drug-likeness (QED) is 0.633. The number of nitrogens with zero attached hydrogens (tertiary/aromatic N) is 3. The van der Waals surface area contributed by atoms with E-state index in [9.17, 15) is 5.11 Å². The molecule has 0 saturated carbocycles. The summed E-state index contributed by atoms with van der Waals surface area (Å²) in [5.41, 5.74) is 3.49. The maximum atomic E-state index is 10.1. The third kappa shape index (κ3) is 4.78. The molecule has 3 rings (SSSR count). The fourth-order valence-corrected chi connectivity index (χ4v) is 3.02. The molecule has 0 radical (unpaired) electrons. The number of aliphatic hydroxyl groups is 1. The van der Waals surface area contributed by atoms with Crippen LogP contribution in [0.2, 0.25) is 5.02 Å². The molecule has 0 bridgehead atoms. The molecule has 3 aromatic rings. The van der Waals surface area contributed by atoms with E-state index in [1.807, 2.05) is 42.8 Å². The third-order valence-electron chi connectivity index (χ3n) is 4.20. The Labute approximate surface area is 163 Å². The maximum absolute atomic E-state index is 10.1. The van der Waals surface area contributed by atoms with Gasteiger partial charge in [-0.15, -0.1) is 5.10 Å². The Bertz CT molecular complexity index is 926. The lowest BCUT2D eigenvalue weighted by Crippen LogP contribution is -2.12. The van der Waals surface area contributed by atoms with Crippen LogP contribution in [0.15, 0.2) is 42.6 Å². The summed E-state index contributed by atoms with van der Waals surface area (Å²) in [6.07, 6.45) is 2.50. The molecule has 0 amide bonds. The van der Waals surface area contributed by atoms with Crippen LogP contribution >= 0.6 is 11.6 Å². The van der Waals surface area contributed by atoms with Gasteiger partial charge in [0, 0.05) is 46.8 Å². The lowest BCUT2D eigenvalue weighted by molar-refractivity contribution is 0.169. The summed E-state index contributed by atoms with van der Waals surface area (Å²) < 4.78 is 7.09. The smallest absolute Gasteiger partial charge is 0.153 e. The maximum Gasteiger partial charge on any atom is 0.153 e. The molecule has 1 aromatic carbocycles. The first-order chi connectivity index (χ1) is 13.0. The van der Waals surface area contributed by atoms with Crippen molar-refractivity contribution in [2.24, 2.45) is 0 Å². The van der Waals surface area contributed by atoms with Crippen LogP contribution in [-0.2, 0) is 6.42 Å². The first-order valence-corrected chi connectivity index (χ1v) is 9.18. The van der Waals surface area contributed by atoms with Crippen molar-refractivity contribution in [3.8, 4) is 11.4 Å². The van der Waals surface area contributed by atoms with Crippen molar-refractivity contribution in [3.05, 3.63) is 59.0 Å². The number of aromatic nitrogens is 3. The van der Waals surface area contributed by atoms with Gasteiger partial charge >= 0.3 is 0 Å². The van der Waals surface area contributed by atoms with Gasteiger partial charge in [0.05, 0.1) is 18.9 Å². The van der Waals surface area contributed by atoms with Gasteiger partial charge in [-0.25, -0.2) is 4.68 Å². The van der Waals surface area contributed by atoms with Gasteiger partial charge in [0.1, 0.15) is 5.75 Å². The lowest BCUT2D eigenvalue weighted by atomic mass is 10.1. The van der Waals surface area contributed by atoms with E-state index in [1.165, 1.54) is 0 Å². The second-order valence-electron chi connectivity index (χ2n) is 6.36. The molecule has 2 aromatic heterocycles. The number of methoxy groups -OCH3 is 1. The number of nitrogens with one attached hydrogen (secondary N) is 1. The van der Waals surface area contributed by atoms with Gasteiger partial charge < -0.3 is 15.2 Å². The Hall–Kier alpha value is -2.57. The molecule has 2 N–H and O–H groups in total. The summed E-state index contributed by atoms with van der Waals surface area (Å²) in [6.45, 7) is 3.89. The summed E-state index contributed by atoms with van der Waals surface area (Å²) in [6, 6.07) is 11.2. The molecular weight excluding hydrogens is 364 g/mol. The Morgan fingerprint density at radius 2 is 2.07 bits per heavy atom. The molecule has 142 valence electrons. The zero-order valence-corrected chi connectivity index (χ0v) is 16.4. The fraction of sp³-hybridized carbons (Fsp3) is 0.300. The molecule has 1 atom stereocenters. The number of halogens is 1. The standard InChI is InChI=1S/C20H23ClN4O2/c1-4-18(26)11-17-12-20(23-15-8-14(21)9-19(10-15)27-3)24-25(17)16-5-6-22-13(2)7-16/h5-10,12,18,26H,4,11H2,1-3H3,(H,23,24). The molecule has 1 unspecified atom stereocenters. The molecule has 6 nitrogen and oxygen atoms in total. The van der Waals surface area contributed by atoms with E-state index in [2.05, 4.69) is 15.4 Å². The van der Waals surface area contributed by atoms with E-state index < -0.39 is 6.10 Å². The van der Waals surface area contributed by atoms with E-state index >= 15 is 0 Å². The number of rotatable bonds is 7. The van der Waals surface area contributed by atoms with E-state index in [0.29, 0.717) is 29.4 Å². The van der Waals surface area contributed by atoms with E-state index in [4.69, 9.17) is 16.3 Å². The minimum absolute atomic E-state index is 0.428. The molecule has 2 heterocycles. The molecule has 0 saturated heterocycles. The zero-order chi connectivity index (χ0) is 19.4. The summed E-state index contributed by atoms with van der Waals surface area (Å²) >= 11 is 6.15. The first kappa shape index (κ1) is 19.2. The van der Waals surface area contributed by atoms with E-state index in [-0.39, 0.29) is 0 Å². The second kappa shape index (κ2) is 8.41. The number of ether oxygens (including phenoxy) is 1. The van der Waals surface area contributed by atoms with Gasteiger partial charge in [-0.1, -0.05) is 18.5 Å². The average molecular weight is 387 g/mol. The van der Waals surface area contributed by atoms with Crippen LogP contribution in [0.3, 0.4) is 0 Å². The Morgan fingerprint density at radius 1 is 1.26 bits per heavy atom. The molecule has 0 fully saturated rings. The molecule has 0 aliphatic heterocycles. The van der Waals surface area contributed by atoms with Gasteiger partial charge in [-0.2, -0.15) is 0 Å². The van der Waals surface area contributed by atoms with Gasteiger partial charge in [0.2, 0.25) is 0 Å². The van der Waals surface area contributed by atoms with Crippen molar-refractivity contribution in [1.29, 1.82) is 0 Å². The van der Waals surface area contributed by atoms with Gasteiger partial charge in [0.15, 0.2) is 5.82 Å². The fourth-order valence-electron chi connectivity index (χ4n) is 2.80. The number of benzene rings is 1. The number of aliphatic hydroxyl groups excluding tert-OH is 1. The zero-order valence-electron chi connectivity index (χ0n) is 15.6. The van der Waals surface area contributed by atoms with Crippen LogP contribution in [0, 0.1) is 6.92 Å². The molecular formula is C20H23ClN4O2. The molecule has 0 spiro atoms. The predicted molar refractivity (Wildman–Crippen MR) is 107 cm³/mol. The van der Waals surface area contributed by atoms with E-state index in [0.717, 1.165) is 22.8 Å². The van der Waals surface area contributed by atoms with Crippen molar-refractivity contribution in [1.82, 2.24) is 14.8 Å². The lowest BCUT2D eigenvalue weighted by Gasteiger charge is -2.10. The van der Waals surface area contributed by atoms with Crippen molar-refractivity contribution >= 4 is 23.1 Å². The van der Waals surface area contributed by atoms with Crippen LogP contribution in [0.25, 0.3) is 5.69 Å². The van der Waals surface area contributed by atoms with Crippen molar-refractivity contribution in [2.45, 2.75) is 32.8 Å².